The minimum atomic E-state index is 0.471. The fourth-order valence-electron chi connectivity index (χ4n) is 2.28. The summed E-state index contributed by atoms with van der Waals surface area (Å²) in [7, 11) is 0. The molecule has 0 saturated heterocycles. The lowest BCUT2D eigenvalue weighted by atomic mass is 10.0. The van der Waals surface area contributed by atoms with E-state index in [1.165, 1.54) is 24.1 Å². The van der Waals surface area contributed by atoms with Crippen molar-refractivity contribution >= 4 is 5.69 Å². The molecule has 0 heterocycles. The molecular weight excluding hydrogens is 206 g/mol. The van der Waals surface area contributed by atoms with Crippen molar-refractivity contribution in [1.29, 1.82) is 0 Å². The Kier molecular flexibility index (Phi) is 2.83. The zero-order valence-corrected chi connectivity index (χ0v) is 9.84. The Morgan fingerprint density at radius 3 is 2.00 bits per heavy atom. The lowest BCUT2D eigenvalue weighted by molar-refractivity contribution is 0.679. The molecule has 0 bridgehead atoms. The van der Waals surface area contributed by atoms with Gasteiger partial charge in [-0.3, -0.25) is 0 Å². The molecule has 1 aliphatic rings. The molecule has 0 aliphatic heterocycles. The van der Waals surface area contributed by atoms with Gasteiger partial charge in [0.15, 0.2) is 0 Å². The van der Waals surface area contributed by atoms with Crippen LogP contribution in [-0.4, -0.2) is 0 Å². The summed E-state index contributed by atoms with van der Waals surface area (Å²) in [5, 5.41) is 3.66. The van der Waals surface area contributed by atoms with Gasteiger partial charge in [-0.05, 0) is 36.5 Å². The average Bonchev–Trinajstić information content (AvgIpc) is 3.23. The number of rotatable bonds is 4. The molecule has 86 valence electrons. The van der Waals surface area contributed by atoms with Crippen LogP contribution in [-0.2, 0) is 0 Å². The fraction of sp³-hybridized carbons (Fsp3) is 0.250. The van der Waals surface area contributed by atoms with Gasteiger partial charge >= 0.3 is 0 Å². The molecule has 0 amide bonds. The molecule has 3 rings (SSSR count). The first-order chi connectivity index (χ1) is 8.43. The van der Waals surface area contributed by atoms with Gasteiger partial charge in [0.1, 0.15) is 0 Å². The lowest BCUT2D eigenvalue weighted by Gasteiger charge is -2.20. The largest absolute Gasteiger partial charge is 0.378 e. The van der Waals surface area contributed by atoms with Gasteiger partial charge in [-0.25, -0.2) is 0 Å². The van der Waals surface area contributed by atoms with E-state index in [1.807, 2.05) is 0 Å². The van der Waals surface area contributed by atoms with E-state index in [0.717, 1.165) is 5.92 Å². The fourth-order valence-corrected chi connectivity index (χ4v) is 2.28. The van der Waals surface area contributed by atoms with Crippen LogP contribution in [0.4, 0.5) is 5.69 Å². The van der Waals surface area contributed by atoms with Crippen LogP contribution in [0.2, 0.25) is 0 Å². The van der Waals surface area contributed by atoms with Crippen molar-refractivity contribution in [2.45, 2.75) is 18.9 Å². The Bertz CT molecular complexity index is 459. The molecule has 1 atom stereocenters. The standard InChI is InChI=1S/C16H17N/c1-3-7-13(8-4-1)16(14-11-12-14)17-15-9-5-2-6-10-15/h1-10,14,16-17H,11-12H2/t16-/m1/s1. The predicted molar refractivity (Wildman–Crippen MR) is 72.0 cm³/mol. The first kappa shape index (κ1) is 10.4. The van der Waals surface area contributed by atoms with E-state index < -0.39 is 0 Å². The van der Waals surface area contributed by atoms with Gasteiger partial charge in [0.05, 0.1) is 6.04 Å². The number of anilines is 1. The minimum Gasteiger partial charge on any atom is -0.378 e. The molecule has 0 radical (unpaired) electrons. The van der Waals surface area contributed by atoms with Crippen molar-refractivity contribution in [2.75, 3.05) is 5.32 Å². The highest BCUT2D eigenvalue weighted by molar-refractivity contribution is 5.45. The number of para-hydroxylation sites is 1. The highest BCUT2D eigenvalue weighted by Crippen LogP contribution is 2.42. The summed E-state index contributed by atoms with van der Waals surface area (Å²) >= 11 is 0. The van der Waals surface area contributed by atoms with Crippen molar-refractivity contribution in [1.82, 2.24) is 0 Å². The first-order valence-corrected chi connectivity index (χ1v) is 6.30. The minimum absolute atomic E-state index is 0.471. The van der Waals surface area contributed by atoms with E-state index in [1.54, 1.807) is 0 Å². The molecule has 0 spiro atoms. The number of hydrogen-bond acceptors (Lipinski definition) is 1. The summed E-state index contributed by atoms with van der Waals surface area (Å²) in [4.78, 5) is 0. The predicted octanol–water partition coefficient (Wildman–Crippen LogP) is 4.25. The lowest BCUT2D eigenvalue weighted by Crippen LogP contribution is -2.12. The average molecular weight is 223 g/mol. The summed E-state index contributed by atoms with van der Waals surface area (Å²) in [5.41, 5.74) is 2.62. The number of benzene rings is 2. The third-order valence-electron chi connectivity index (χ3n) is 3.35. The molecular formula is C16H17N. The van der Waals surface area contributed by atoms with Crippen LogP contribution in [0.5, 0.6) is 0 Å². The summed E-state index contributed by atoms with van der Waals surface area (Å²) in [6, 6.07) is 21.7. The van der Waals surface area contributed by atoms with Crippen molar-refractivity contribution in [3.8, 4) is 0 Å². The van der Waals surface area contributed by atoms with E-state index >= 15 is 0 Å². The highest BCUT2D eigenvalue weighted by Gasteiger charge is 2.32. The Morgan fingerprint density at radius 1 is 0.824 bits per heavy atom. The van der Waals surface area contributed by atoms with Gasteiger partial charge in [0.25, 0.3) is 0 Å². The van der Waals surface area contributed by atoms with E-state index in [4.69, 9.17) is 0 Å². The van der Waals surface area contributed by atoms with Crippen LogP contribution >= 0.6 is 0 Å². The van der Waals surface area contributed by atoms with Crippen LogP contribution in [0.25, 0.3) is 0 Å². The van der Waals surface area contributed by atoms with E-state index in [9.17, 15) is 0 Å². The molecule has 1 N–H and O–H groups in total. The maximum absolute atomic E-state index is 3.66. The Morgan fingerprint density at radius 2 is 1.41 bits per heavy atom. The third kappa shape index (κ3) is 2.50. The van der Waals surface area contributed by atoms with Crippen LogP contribution in [0.15, 0.2) is 60.7 Å². The molecule has 1 saturated carbocycles. The zero-order valence-electron chi connectivity index (χ0n) is 9.84. The zero-order chi connectivity index (χ0) is 11.5. The molecule has 2 aromatic rings. The van der Waals surface area contributed by atoms with Gasteiger partial charge in [-0.15, -0.1) is 0 Å². The molecule has 1 nitrogen and oxygen atoms in total. The Balaban J connectivity index is 1.82. The second-order valence-electron chi connectivity index (χ2n) is 4.74. The van der Waals surface area contributed by atoms with Crippen molar-refractivity contribution in [3.63, 3.8) is 0 Å². The van der Waals surface area contributed by atoms with Gasteiger partial charge < -0.3 is 5.32 Å². The van der Waals surface area contributed by atoms with E-state index in [-0.39, 0.29) is 0 Å². The van der Waals surface area contributed by atoms with Crippen molar-refractivity contribution < 1.29 is 0 Å². The highest BCUT2D eigenvalue weighted by atomic mass is 14.9. The van der Waals surface area contributed by atoms with Crippen molar-refractivity contribution in [2.24, 2.45) is 5.92 Å². The van der Waals surface area contributed by atoms with Crippen molar-refractivity contribution in [3.05, 3.63) is 66.2 Å². The summed E-state index contributed by atoms with van der Waals surface area (Å²) in [6.07, 6.45) is 2.69. The smallest absolute Gasteiger partial charge is 0.0542 e. The Labute approximate surface area is 102 Å². The van der Waals surface area contributed by atoms with Gasteiger partial charge in [-0.1, -0.05) is 48.5 Å². The van der Waals surface area contributed by atoms with Gasteiger partial charge in [0.2, 0.25) is 0 Å². The summed E-state index contributed by atoms with van der Waals surface area (Å²) in [6.45, 7) is 0. The SMILES string of the molecule is c1ccc(N[C@H](c2ccccc2)C2CC2)cc1. The molecule has 0 unspecified atom stereocenters. The van der Waals surface area contributed by atoms with Crippen LogP contribution in [0.3, 0.4) is 0 Å². The quantitative estimate of drug-likeness (QED) is 0.817. The normalized spacial score (nSPS) is 16.5. The number of nitrogens with one attached hydrogen (secondary N) is 1. The second-order valence-corrected chi connectivity index (χ2v) is 4.74. The second kappa shape index (κ2) is 4.62. The maximum atomic E-state index is 3.66. The summed E-state index contributed by atoms with van der Waals surface area (Å²) in [5.74, 6) is 0.803. The van der Waals surface area contributed by atoms with Gasteiger partial charge in [0, 0.05) is 5.69 Å². The molecule has 1 aliphatic carbocycles. The summed E-state index contributed by atoms with van der Waals surface area (Å²) < 4.78 is 0. The monoisotopic (exact) mass is 223 g/mol. The molecule has 1 heteroatoms. The van der Waals surface area contributed by atoms with E-state index in [2.05, 4.69) is 66.0 Å². The van der Waals surface area contributed by atoms with E-state index in [0.29, 0.717) is 6.04 Å². The Hall–Kier alpha value is -1.76. The maximum Gasteiger partial charge on any atom is 0.0542 e. The van der Waals surface area contributed by atoms with Gasteiger partial charge in [-0.2, -0.15) is 0 Å². The molecule has 2 aromatic carbocycles. The third-order valence-corrected chi connectivity index (χ3v) is 3.35. The first-order valence-electron chi connectivity index (χ1n) is 6.30. The van der Waals surface area contributed by atoms with Crippen LogP contribution in [0.1, 0.15) is 24.4 Å². The van der Waals surface area contributed by atoms with Crippen LogP contribution < -0.4 is 5.32 Å². The van der Waals surface area contributed by atoms with Crippen LogP contribution in [0, 0.1) is 5.92 Å². The molecule has 17 heavy (non-hydrogen) atoms. The molecule has 1 fully saturated rings. The molecule has 0 aromatic heterocycles. The number of hydrogen-bond donors (Lipinski definition) is 1. The topological polar surface area (TPSA) is 12.0 Å².